The van der Waals surface area contributed by atoms with Crippen molar-refractivity contribution in [2.24, 2.45) is 0 Å². The van der Waals surface area contributed by atoms with Gasteiger partial charge in [-0.3, -0.25) is 10.1 Å². The Morgan fingerprint density at radius 3 is 2.81 bits per heavy atom. The third-order valence-corrected chi connectivity index (χ3v) is 1.73. The molecule has 0 spiro atoms. The number of non-ortho nitro benzene ring substituents is 1. The molecule has 0 unspecified atom stereocenters. The summed E-state index contributed by atoms with van der Waals surface area (Å²) in [5, 5.41) is 10.4. The summed E-state index contributed by atoms with van der Waals surface area (Å²) in [5.74, 6) is 3.90. The van der Waals surface area contributed by atoms with Gasteiger partial charge in [-0.1, -0.05) is 11.8 Å². The Bertz CT molecular complexity index is 503. The topological polar surface area (TPSA) is 86.2 Å². The van der Waals surface area contributed by atoms with Crippen LogP contribution in [0.5, 0.6) is 0 Å². The van der Waals surface area contributed by atoms with Gasteiger partial charge >= 0.3 is 0 Å². The van der Waals surface area contributed by atoms with Gasteiger partial charge in [0.2, 0.25) is 0 Å². The van der Waals surface area contributed by atoms with E-state index in [0.717, 1.165) is 12.1 Å². The quantitative estimate of drug-likeness (QED) is 0.268. The van der Waals surface area contributed by atoms with Crippen molar-refractivity contribution in [2.45, 2.75) is 6.42 Å². The first kappa shape index (κ1) is 11.7. The molecule has 0 saturated carbocycles. The number of nitro groups is 1. The van der Waals surface area contributed by atoms with Gasteiger partial charge in [0.05, 0.1) is 28.7 Å². The molecule has 0 aromatic heterocycles. The monoisotopic (exact) mass is 222 g/mol. The largest absolute Gasteiger partial charge is 0.395 e. The van der Waals surface area contributed by atoms with Crippen LogP contribution in [0.2, 0.25) is 0 Å². The summed E-state index contributed by atoms with van der Waals surface area (Å²) < 4.78 is 13.1. The van der Waals surface area contributed by atoms with E-state index < -0.39 is 16.4 Å². The zero-order chi connectivity index (χ0) is 12.1. The minimum absolute atomic E-state index is 0.00792. The summed E-state index contributed by atoms with van der Waals surface area (Å²) in [6.07, 6.45) is 0.528. The molecular formula is C10H7FN2O3. The summed E-state index contributed by atoms with van der Waals surface area (Å²) in [7, 11) is 0. The third kappa shape index (κ3) is 2.54. The SMILES string of the molecule is Nc1c(F)cc([N+](=O)[O-])cc1C#CCC=O. The van der Waals surface area contributed by atoms with Gasteiger partial charge in [0, 0.05) is 6.07 Å². The van der Waals surface area contributed by atoms with Crippen LogP contribution >= 0.6 is 0 Å². The van der Waals surface area contributed by atoms with Gasteiger partial charge in [0.25, 0.3) is 5.69 Å². The van der Waals surface area contributed by atoms with Crippen molar-refractivity contribution in [1.82, 2.24) is 0 Å². The predicted molar refractivity (Wildman–Crippen MR) is 55.0 cm³/mol. The summed E-state index contributed by atoms with van der Waals surface area (Å²) in [6, 6.07) is 1.79. The van der Waals surface area contributed by atoms with Crippen LogP contribution < -0.4 is 5.73 Å². The molecule has 5 nitrogen and oxygen atoms in total. The van der Waals surface area contributed by atoms with Gasteiger partial charge in [0.1, 0.15) is 6.29 Å². The number of hydrogen-bond donors (Lipinski definition) is 1. The number of aldehydes is 1. The molecule has 0 aliphatic heterocycles. The van der Waals surface area contributed by atoms with Gasteiger partial charge in [-0.05, 0) is 0 Å². The first-order valence-electron chi connectivity index (χ1n) is 4.22. The van der Waals surface area contributed by atoms with Gasteiger partial charge in [0.15, 0.2) is 5.82 Å². The maximum Gasteiger partial charge on any atom is 0.273 e. The molecule has 1 aromatic rings. The fourth-order valence-corrected chi connectivity index (χ4v) is 1.00. The molecule has 0 saturated heterocycles. The molecule has 0 heterocycles. The van der Waals surface area contributed by atoms with Crippen molar-refractivity contribution in [2.75, 3.05) is 5.73 Å². The number of nitrogens with zero attached hydrogens (tertiary/aromatic N) is 1. The average molecular weight is 222 g/mol. The zero-order valence-corrected chi connectivity index (χ0v) is 8.07. The highest BCUT2D eigenvalue weighted by Gasteiger charge is 2.13. The Morgan fingerprint density at radius 2 is 2.25 bits per heavy atom. The van der Waals surface area contributed by atoms with Crippen molar-refractivity contribution in [3.63, 3.8) is 0 Å². The predicted octanol–water partition coefficient (Wildman–Crippen LogP) is 1.26. The van der Waals surface area contributed by atoms with E-state index in [1.54, 1.807) is 0 Å². The number of nitrogens with two attached hydrogens (primary N) is 1. The number of anilines is 1. The lowest BCUT2D eigenvalue weighted by Gasteiger charge is -1.99. The van der Waals surface area contributed by atoms with Crippen LogP contribution in [0.3, 0.4) is 0 Å². The summed E-state index contributed by atoms with van der Waals surface area (Å²) >= 11 is 0. The van der Waals surface area contributed by atoms with Crippen LogP contribution in [-0.4, -0.2) is 11.2 Å². The van der Waals surface area contributed by atoms with E-state index in [1.165, 1.54) is 0 Å². The highest BCUT2D eigenvalue weighted by atomic mass is 19.1. The van der Waals surface area contributed by atoms with E-state index in [1.807, 2.05) is 0 Å². The number of benzene rings is 1. The van der Waals surface area contributed by atoms with E-state index >= 15 is 0 Å². The molecule has 0 aliphatic carbocycles. The fourth-order valence-electron chi connectivity index (χ4n) is 1.00. The molecule has 82 valence electrons. The number of carbonyl (C=O) groups excluding carboxylic acids is 1. The van der Waals surface area contributed by atoms with Crippen molar-refractivity contribution in [3.05, 3.63) is 33.6 Å². The molecular weight excluding hydrogens is 215 g/mol. The molecule has 0 amide bonds. The number of nitro benzene ring substituents is 1. The Labute approximate surface area is 90.2 Å². The number of rotatable bonds is 2. The average Bonchev–Trinajstić information content (AvgIpc) is 2.24. The first-order chi connectivity index (χ1) is 7.56. The van der Waals surface area contributed by atoms with Crippen LogP contribution in [0, 0.1) is 27.8 Å². The van der Waals surface area contributed by atoms with E-state index in [-0.39, 0.29) is 17.7 Å². The molecule has 0 radical (unpaired) electrons. The lowest BCUT2D eigenvalue weighted by Crippen LogP contribution is -1.98. The van der Waals surface area contributed by atoms with Crippen molar-refractivity contribution in [3.8, 4) is 11.8 Å². The molecule has 2 N–H and O–H groups in total. The maximum atomic E-state index is 13.1. The van der Waals surface area contributed by atoms with Gasteiger partial charge in [-0.25, -0.2) is 4.39 Å². The summed E-state index contributed by atoms with van der Waals surface area (Å²) in [5.41, 5.74) is 4.66. The standard InChI is InChI=1S/C10H7FN2O3/c11-9-6-8(13(15)16)5-7(10(9)12)3-1-2-4-14/h4-6H,2,12H2. The zero-order valence-electron chi connectivity index (χ0n) is 8.07. The van der Waals surface area contributed by atoms with Crippen LogP contribution in [-0.2, 0) is 4.79 Å². The number of carbonyl (C=O) groups is 1. The van der Waals surface area contributed by atoms with Gasteiger partial charge in [-0.15, -0.1) is 0 Å². The molecule has 0 fully saturated rings. The normalized spacial score (nSPS) is 9.06. The number of nitrogen functional groups attached to an aromatic ring is 1. The molecule has 0 bridgehead atoms. The molecule has 1 aromatic carbocycles. The number of hydrogen-bond acceptors (Lipinski definition) is 4. The van der Waals surface area contributed by atoms with E-state index in [4.69, 9.17) is 5.73 Å². The van der Waals surface area contributed by atoms with Gasteiger partial charge in [-0.2, -0.15) is 0 Å². The maximum absolute atomic E-state index is 13.1. The van der Waals surface area contributed by atoms with Crippen LogP contribution in [0.25, 0.3) is 0 Å². The summed E-state index contributed by atoms with van der Waals surface area (Å²) in [4.78, 5) is 19.7. The fraction of sp³-hybridized carbons (Fsp3) is 0.100. The van der Waals surface area contributed by atoms with Crippen molar-refractivity contribution < 1.29 is 14.1 Å². The van der Waals surface area contributed by atoms with Crippen LogP contribution in [0.15, 0.2) is 12.1 Å². The van der Waals surface area contributed by atoms with Crippen LogP contribution in [0.4, 0.5) is 15.8 Å². The molecule has 0 atom stereocenters. The lowest BCUT2D eigenvalue weighted by atomic mass is 10.1. The number of halogens is 1. The Hall–Kier alpha value is -2.42. The van der Waals surface area contributed by atoms with E-state index in [2.05, 4.69) is 11.8 Å². The summed E-state index contributed by atoms with van der Waals surface area (Å²) in [6.45, 7) is 0. The lowest BCUT2D eigenvalue weighted by molar-refractivity contribution is -0.385. The molecule has 1 rings (SSSR count). The minimum atomic E-state index is -0.899. The third-order valence-electron chi connectivity index (χ3n) is 1.73. The minimum Gasteiger partial charge on any atom is -0.395 e. The molecule has 0 aliphatic rings. The Morgan fingerprint density at radius 1 is 1.56 bits per heavy atom. The van der Waals surface area contributed by atoms with Crippen molar-refractivity contribution in [1.29, 1.82) is 0 Å². The first-order valence-corrected chi connectivity index (χ1v) is 4.22. The van der Waals surface area contributed by atoms with Crippen LogP contribution in [0.1, 0.15) is 12.0 Å². The molecule has 16 heavy (non-hydrogen) atoms. The highest BCUT2D eigenvalue weighted by molar-refractivity contribution is 5.62. The Balaban J connectivity index is 3.23. The second-order valence-electron chi connectivity index (χ2n) is 2.82. The highest BCUT2D eigenvalue weighted by Crippen LogP contribution is 2.22. The second kappa shape index (κ2) is 4.89. The van der Waals surface area contributed by atoms with Gasteiger partial charge < -0.3 is 10.5 Å². The Kier molecular flexibility index (Phi) is 3.56. The molecule has 6 heteroatoms. The van der Waals surface area contributed by atoms with E-state index in [9.17, 15) is 19.3 Å². The smallest absolute Gasteiger partial charge is 0.273 e. The second-order valence-corrected chi connectivity index (χ2v) is 2.82. The van der Waals surface area contributed by atoms with Crippen molar-refractivity contribution >= 4 is 17.7 Å². The van der Waals surface area contributed by atoms with E-state index in [0.29, 0.717) is 6.29 Å².